The minimum Gasteiger partial charge on any atom is -0.395 e. The van der Waals surface area contributed by atoms with Gasteiger partial charge >= 0.3 is 0 Å². The third kappa shape index (κ3) is 4.42. The monoisotopic (exact) mass is 312 g/mol. The lowest BCUT2D eigenvalue weighted by molar-refractivity contribution is -0.155. The summed E-state index contributed by atoms with van der Waals surface area (Å²) in [6.07, 6.45) is -0.846. The van der Waals surface area contributed by atoms with E-state index in [0.717, 1.165) is 0 Å². The number of nitrogens with zero attached hydrogens (tertiary/aromatic N) is 1. The van der Waals surface area contributed by atoms with Crippen LogP contribution in [0.5, 0.6) is 0 Å². The number of carbonyl (C=O) groups excluding carboxylic acids is 2. The number of ether oxygens (including phenoxy) is 1. The maximum atomic E-state index is 12.0. The number of hydrogen-bond acceptors (Lipinski definition) is 4. The number of β-amino-alcohol motifs (C(OH)–C–C–N with tert-alkyl or cyclic N) is 1. The Bertz CT molecular complexity index is 504. The van der Waals surface area contributed by atoms with Crippen LogP contribution in [0, 0.1) is 0 Å². The molecule has 7 heteroatoms. The van der Waals surface area contributed by atoms with Crippen molar-refractivity contribution in [1.29, 1.82) is 0 Å². The van der Waals surface area contributed by atoms with Gasteiger partial charge in [0.2, 0.25) is 5.91 Å². The van der Waals surface area contributed by atoms with Crippen molar-refractivity contribution in [2.45, 2.75) is 12.5 Å². The van der Waals surface area contributed by atoms with Crippen molar-refractivity contribution >= 4 is 29.1 Å². The molecule has 1 saturated heterocycles. The molecule has 2 N–H and O–H groups in total. The maximum absolute atomic E-state index is 12.0. The fourth-order valence-electron chi connectivity index (χ4n) is 2.09. The van der Waals surface area contributed by atoms with Gasteiger partial charge in [0, 0.05) is 23.8 Å². The number of amides is 2. The largest absolute Gasteiger partial charge is 0.395 e. The van der Waals surface area contributed by atoms with Crippen LogP contribution in [-0.2, 0) is 14.3 Å². The van der Waals surface area contributed by atoms with Gasteiger partial charge in [0.1, 0.15) is 6.10 Å². The number of aliphatic hydroxyl groups is 1. The highest BCUT2D eigenvalue weighted by Crippen LogP contribution is 2.15. The molecule has 1 aliphatic heterocycles. The lowest BCUT2D eigenvalue weighted by atomic mass is 10.1. The van der Waals surface area contributed by atoms with Crippen molar-refractivity contribution in [2.24, 2.45) is 0 Å². The van der Waals surface area contributed by atoms with Crippen LogP contribution in [0.25, 0.3) is 0 Å². The minimum absolute atomic E-state index is 0.0522. The first kappa shape index (κ1) is 15.8. The zero-order valence-electron chi connectivity index (χ0n) is 11.4. The van der Waals surface area contributed by atoms with E-state index in [0.29, 0.717) is 23.9 Å². The Balaban J connectivity index is 1.89. The standard InChI is InChI=1S/C14H17ClN2O4/c15-10-1-3-11(4-2-10)16-13(19)9-12-14(20)17(5-7-18)6-8-21-12/h1-4,12,18H,5-9H2,(H,16,19). The number of rotatable bonds is 5. The zero-order chi connectivity index (χ0) is 15.2. The summed E-state index contributed by atoms with van der Waals surface area (Å²) in [4.78, 5) is 25.5. The third-order valence-corrected chi connectivity index (χ3v) is 3.39. The van der Waals surface area contributed by atoms with Gasteiger partial charge in [0.05, 0.1) is 19.6 Å². The molecule has 0 aromatic heterocycles. The van der Waals surface area contributed by atoms with Crippen LogP contribution in [0.15, 0.2) is 24.3 Å². The fraction of sp³-hybridized carbons (Fsp3) is 0.429. The summed E-state index contributed by atoms with van der Waals surface area (Å²) in [6.45, 7) is 0.965. The van der Waals surface area contributed by atoms with Crippen molar-refractivity contribution in [3.8, 4) is 0 Å². The molecule has 114 valence electrons. The Morgan fingerprint density at radius 3 is 2.81 bits per heavy atom. The molecule has 6 nitrogen and oxygen atoms in total. The quantitative estimate of drug-likeness (QED) is 0.846. The Hall–Kier alpha value is -1.63. The molecule has 0 radical (unpaired) electrons. The number of benzene rings is 1. The molecule has 1 aromatic rings. The van der Waals surface area contributed by atoms with Gasteiger partial charge in [-0.1, -0.05) is 11.6 Å². The van der Waals surface area contributed by atoms with Gasteiger partial charge < -0.3 is 20.1 Å². The Labute approximate surface area is 127 Å². The highest BCUT2D eigenvalue weighted by molar-refractivity contribution is 6.30. The predicted octanol–water partition coefficient (Wildman–Crippen LogP) is 0.888. The van der Waals surface area contributed by atoms with Crippen LogP contribution in [0.3, 0.4) is 0 Å². The van der Waals surface area contributed by atoms with Crippen LogP contribution in [0.1, 0.15) is 6.42 Å². The summed E-state index contributed by atoms with van der Waals surface area (Å²) in [5, 5.41) is 12.2. The molecule has 0 saturated carbocycles. The van der Waals surface area contributed by atoms with E-state index < -0.39 is 6.10 Å². The molecule has 1 heterocycles. The average molecular weight is 313 g/mol. The number of carbonyl (C=O) groups is 2. The molecule has 1 fully saturated rings. The van der Waals surface area contributed by atoms with Gasteiger partial charge in [0.25, 0.3) is 5.91 Å². The van der Waals surface area contributed by atoms with E-state index in [1.165, 1.54) is 4.90 Å². The number of aliphatic hydroxyl groups excluding tert-OH is 1. The summed E-state index contributed by atoms with van der Waals surface area (Å²) < 4.78 is 5.34. The smallest absolute Gasteiger partial charge is 0.252 e. The second-order valence-corrected chi connectivity index (χ2v) is 5.10. The van der Waals surface area contributed by atoms with E-state index in [1.54, 1.807) is 24.3 Å². The normalized spacial score (nSPS) is 18.7. The second-order valence-electron chi connectivity index (χ2n) is 4.67. The van der Waals surface area contributed by atoms with Crippen molar-refractivity contribution in [3.05, 3.63) is 29.3 Å². The van der Waals surface area contributed by atoms with E-state index in [4.69, 9.17) is 21.4 Å². The second kappa shape index (κ2) is 7.40. The van der Waals surface area contributed by atoms with Crippen LogP contribution < -0.4 is 5.32 Å². The first-order chi connectivity index (χ1) is 10.1. The molecule has 2 amide bonds. The van der Waals surface area contributed by atoms with E-state index in [2.05, 4.69) is 5.32 Å². The van der Waals surface area contributed by atoms with Crippen LogP contribution in [0.4, 0.5) is 5.69 Å². The summed E-state index contributed by atoms with van der Waals surface area (Å²) in [5.74, 6) is -0.567. The number of morpholine rings is 1. The van der Waals surface area contributed by atoms with E-state index in [9.17, 15) is 9.59 Å². The first-order valence-corrected chi connectivity index (χ1v) is 7.04. The van der Waals surface area contributed by atoms with Gasteiger partial charge in [-0.05, 0) is 24.3 Å². The number of halogens is 1. The number of hydrogen-bond donors (Lipinski definition) is 2. The molecule has 0 aliphatic carbocycles. The van der Waals surface area contributed by atoms with Crippen molar-refractivity contribution < 1.29 is 19.4 Å². The summed E-state index contributed by atoms with van der Waals surface area (Å²) in [5.41, 5.74) is 0.611. The highest BCUT2D eigenvalue weighted by atomic mass is 35.5. The molecular weight excluding hydrogens is 296 g/mol. The molecule has 1 unspecified atom stereocenters. The van der Waals surface area contributed by atoms with E-state index >= 15 is 0 Å². The number of nitrogens with one attached hydrogen (secondary N) is 1. The average Bonchev–Trinajstić information content (AvgIpc) is 2.46. The highest BCUT2D eigenvalue weighted by Gasteiger charge is 2.30. The lowest BCUT2D eigenvalue weighted by Gasteiger charge is -2.31. The molecule has 21 heavy (non-hydrogen) atoms. The lowest BCUT2D eigenvalue weighted by Crippen LogP contribution is -2.49. The number of anilines is 1. The summed E-state index contributed by atoms with van der Waals surface area (Å²) >= 11 is 5.77. The Morgan fingerprint density at radius 1 is 1.43 bits per heavy atom. The maximum Gasteiger partial charge on any atom is 0.252 e. The first-order valence-electron chi connectivity index (χ1n) is 6.67. The SMILES string of the molecule is O=C(CC1OCCN(CCO)C1=O)Nc1ccc(Cl)cc1. The fourth-order valence-corrected chi connectivity index (χ4v) is 2.22. The van der Waals surface area contributed by atoms with E-state index in [-0.39, 0.29) is 31.4 Å². The van der Waals surface area contributed by atoms with Crippen molar-refractivity contribution in [3.63, 3.8) is 0 Å². The Kier molecular flexibility index (Phi) is 5.55. The van der Waals surface area contributed by atoms with E-state index in [1.807, 2.05) is 0 Å². The molecule has 0 bridgehead atoms. The summed E-state index contributed by atoms with van der Waals surface area (Å²) in [6, 6.07) is 6.70. The van der Waals surface area contributed by atoms with Gasteiger partial charge in [-0.2, -0.15) is 0 Å². The van der Waals surface area contributed by atoms with Crippen LogP contribution in [-0.4, -0.2) is 54.2 Å². The molecular formula is C14H17ClN2O4. The zero-order valence-corrected chi connectivity index (χ0v) is 12.2. The molecule has 1 aromatic carbocycles. The third-order valence-electron chi connectivity index (χ3n) is 3.14. The minimum atomic E-state index is -0.794. The van der Waals surface area contributed by atoms with Crippen LogP contribution >= 0.6 is 11.6 Å². The van der Waals surface area contributed by atoms with Crippen molar-refractivity contribution in [1.82, 2.24) is 4.90 Å². The van der Waals surface area contributed by atoms with Crippen molar-refractivity contribution in [2.75, 3.05) is 31.6 Å². The van der Waals surface area contributed by atoms with Crippen LogP contribution in [0.2, 0.25) is 5.02 Å². The topological polar surface area (TPSA) is 78.9 Å². The molecule has 2 rings (SSSR count). The van der Waals surface area contributed by atoms with Gasteiger partial charge in [0.15, 0.2) is 0 Å². The summed E-state index contributed by atoms with van der Waals surface area (Å²) in [7, 11) is 0. The molecule has 1 aliphatic rings. The van der Waals surface area contributed by atoms with Gasteiger partial charge in [-0.15, -0.1) is 0 Å². The van der Waals surface area contributed by atoms with Gasteiger partial charge in [-0.25, -0.2) is 0 Å². The Morgan fingerprint density at radius 2 is 2.14 bits per heavy atom. The van der Waals surface area contributed by atoms with Gasteiger partial charge in [-0.3, -0.25) is 9.59 Å². The molecule has 0 spiro atoms. The predicted molar refractivity (Wildman–Crippen MR) is 78.1 cm³/mol. The molecule has 1 atom stereocenters.